The van der Waals surface area contributed by atoms with Crippen LogP contribution in [0.25, 0.3) is 11.2 Å². The third-order valence-corrected chi connectivity index (χ3v) is 7.08. The highest BCUT2D eigenvalue weighted by molar-refractivity contribution is 6.42. The molecule has 2 aromatic heterocycles. The standard InChI is InChI=1S/C24H23Cl2N5O2/c1-14-5-7-17(11-15(14)2)29-9-4-10-30-20-21(27-23(29)30)28(3)24(33)31(22(20)32)13-16-6-8-18(25)19(26)12-16/h5-8,11-12H,4,9-10,13H2,1-3H3. The van der Waals surface area contributed by atoms with Crippen LogP contribution in [0.2, 0.25) is 10.0 Å². The zero-order valence-electron chi connectivity index (χ0n) is 18.6. The van der Waals surface area contributed by atoms with Crippen molar-refractivity contribution < 1.29 is 0 Å². The third kappa shape index (κ3) is 3.56. The van der Waals surface area contributed by atoms with E-state index in [9.17, 15) is 9.59 Å². The number of aromatic nitrogens is 4. The lowest BCUT2D eigenvalue weighted by molar-refractivity contribution is 0.597. The maximum Gasteiger partial charge on any atom is 0.332 e. The molecule has 0 unspecified atom stereocenters. The van der Waals surface area contributed by atoms with E-state index in [4.69, 9.17) is 28.2 Å². The van der Waals surface area contributed by atoms with Gasteiger partial charge in [-0.05, 0) is 61.2 Å². The van der Waals surface area contributed by atoms with Gasteiger partial charge in [0, 0.05) is 25.8 Å². The topological polar surface area (TPSA) is 65.1 Å². The molecule has 0 N–H and O–H groups in total. The summed E-state index contributed by atoms with van der Waals surface area (Å²) in [6.45, 7) is 5.71. The summed E-state index contributed by atoms with van der Waals surface area (Å²) in [4.78, 5) is 33.5. The van der Waals surface area contributed by atoms with Crippen molar-refractivity contribution in [1.29, 1.82) is 0 Å². The second-order valence-electron chi connectivity index (χ2n) is 8.49. The molecule has 33 heavy (non-hydrogen) atoms. The van der Waals surface area contributed by atoms with Crippen molar-refractivity contribution in [3.8, 4) is 0 Å². The van der Waals surface area contributed by atoms with E-state index in [1.165, 1.54) is 20.3 Å². The Hall–Kier alpha value is -3.03. The summed E-state index contributed by atoms with van der Waals surface area (Å²) in [6.07, 6.45) is 0.862. The van der Waals surface area contributed by atoms with Crippen molar-refractivity contribution in [2.45, 2.75) is 33.4 Å². The summed E-state index contributed by atoms with van der Waals surface area (Å²) in [5.41, 5.74) is 4.19. The van der Waals surface area contributed by atoms with Crippen LogP contribution in [0.1, 0.15) is 23.1 Å². The van der Waals surface area contributed by atoms with Gasteiger partial charge in [-0.1, -0.05) is 35.3 Å². The number of benzene rings is 2. The van der Waals surface area contributed by atoms with Gasteiger partial charge in [0.25, 0.3) is 5.56 Å². The zero-order valence-corrected chi connectivity index (χ0v) is 20.1. The summed E-state index contributed by atoms with van der Waals surface area (Å²) in [7, 11) is 1.65. The Morgan fingerprint density at radius 3 is 2.48 bits per heavy atom. The second kappa shape index (κ2) is 8.08. The van der Waals surface area contributed by atoms with Gasteiger partial charge in [0.15, 0.2) is 11.2 Å². The molecular formula is C24H23Cl2N5O2. The van der Waals surface area contributed by atoms with Crippen molar-refractivity contribution >= 4 is 46.0 Å². The molecule has 1 aliphatic heterocycles. The van der Waals surface area contributed by atoms with E-state index in [2.05, 4.69) is 36.9 Å². The first-order valence-corrected chi connectivity index (χ1v) is 11.5. The minimum Gasteiger partial charge on any atom is -0.312 e. The Labute approximate surface area is 200 Å². The summed E-state index contributed by atoms with van der Waals surface area (Å²) in [5.74, 6) is 0.680. The van der Waals surface area contributed by atoms with E-state index in [0.717, 1.165) is 24.2 Å². The second-order valence-corrected chi connectivity index (χ2v) is 9.31. The molecule has 0 aliphatic carbocycles. The van der Waals surface area contributed by atoms with Crippen LogP contribution in [-0.4, -0.2) is 25.2 Å². The molecule has 0 bridgehead atoms. The van der Waals surface area contributed by atoms with Crippen molar-refractivity contribution in [3.63, 3.8) is 0 Å². The van der Waals surface area contributed by atoms with Crippen molar-refractivity contribution in [2.75, 3.05) is 11.4 Å². The first-order chi connectivity index (χ1) is 15.8. The number of anilines is 2. The highest BCUT2D eigenvalue weighted by Gasteiger charge is 2.27. The van der Waals surface area contributed by atoms with E-state index >= 15 is 0 Å². The van der Waals surface area contributed by atoms with Crippen LogP contribution in [0.5, 0.6) is 0 Å². The molecule has 0 saturated heterocycles. The molecular weight excluding hydrogens is 461 g/mol. The SMILES string of the molecule is Cc1ccc(N2CCCn3c2nc2c3c(=O)n(Cc3ccc(Cl)c(Cl)c3)c(=O)n2C)cc1C. The van der Waals surface area contributed by atoms with Crippen LogP contribution in [0, 0.1) is 13.8 Å². The lowest BCUT2D eigenvalue weighted by Gasteiger charge is -2.29. The molecule has 0 spiro atoms. The van der Waals surface area contributed by atoms with Gasteiger partial charge in [-0.15, -0.1) is 0 Å². The summed E-state index contributed by atoms with van der Waals surface area (Å²) in [5, 5.41) is 0.804. The Kier molecular flexibility index (Phi) is 5.34. The Morgan fingerprint density at radius 2 is 1.76 bits per heavy atom. The molecule has 4 aromatic rings. The Morgan fingerprint density at radius 1 is 0.970 bits per heavy atom. The average Bonchev–Trinajstić information content (AvgIpc) is 3.19. The largest absolute Gasteiger partial charge is 0.332 e. The highest BCUT2D eigenvalue weighted by atomic mass is 35.5. The molecule has 1 aliphatic rings. The maximum atomic E-state index is 13.5. The van der Waals surface area contributed by atoms with Gasteiger partial charge >= 0.3 is 5.69 Å². The van der Waals surface area contributed by atoms with Crippen molar-refractivity contribution in [3.05, 3.63) is 84.0 Å². The fourth-order valence-electron chi connectivity index (χ4n) is 4.36. The van der Waals surface area contributed by atoms with Crippen LogP contribution < -0.4 is 16.1 Å². The first-order valence-electron chi connectivity index (χ1n) is 10.7. The molecule has 0 saturated carbocycles. The number of imidazole rings is 1. The third-order valence-electron chi connectivity index (χ3n) is 6.34. The zero-order chi connectivity index (χ0) is 23.4. The number of fused-ring (bicyclic) bond motifs is 3. The predicted octanol–water partition coefficient (Wildman–Crippen LogP) is 4.41. The van der Waals surface area contributed by atoms with Gasteiger partial charge in [0.1, 0.15) is 0 Å². The number of halogens is 2. The number of hydrogen-bond donors (Lipinski definition) is 0. The number of rotatable bonds is 3. The molecule has 3 heterocycles. The van der Waals surface area contributed by atoms with E-state index in [1.54, 1.807) is 25.2 Å². The lowest BCUT2D eigenvalue weighted by atomic mass is 10.1. The van der Waals surface area contributed by atoms with Crippen molar-refractivity contribution in [2.24, 2.45) is 7.05 Å². The molecule has 0 radical (unpaired) electrons. The van der Waals surface area contributed by atoms with Gasteiger partial charge < -0.3 is 9.47 Å². The minimum absolute atomic E-state index is 0.0969. The number of nitrogens with zero attached hydrogens (tertiary/aromatic N) is 5. The first kappa shape index (κ1) is 21.8. The number of aryl methyl sites for hydroxylation is 4. The molecule has 5 rings (SSSR count). The van der Waals surface area contributed by atoms with Gasteiger partial charge in [-0.3, -0.25) is 13.9 Å². The molecule has 2 aromatic carbocycles. The van der Waals surface area contributed by atoms with Gasteiger partial charge in [0.2, 0.25) is 5.95 Å². The normalized spacial score (nSPS) is 13.5. The Balaban J connectivity index is 1.68. The molecule has 0 amide bonds. The molecule has 0 atom stereocenters. The lowest BCUT2D eigenvalue weighted by Crippen LogP contribution is -2.40. The van der Waals surface area contributed by atoms with Crippen LogP contribution >= 0.6 is 23.2 Å². The molecule has 0 fully saturated rings. The Bertz CT molecular complexity index is 1530. The number of hydrogen-bond acceptors (Lipinski definition) is 4. The maximum absolute atomic E-state index is 13.5. The van der Waals surface area contributed by atoms with Gasteiger partial charge in [-0.2, -0.15) is 4.98 Å². The predicted molar refractivity (Wildman–Crippen MR) is 132 cm³/mol. The highest BCUT2D eigenvalue weighted by Crippen LogP contribution is 2.32. The van der Waals surface area contributed by atoms with E-state index in [0.29, 0.717) is 33.7 Å². The van der Waals surface area contributed by atoms with Crippen molar-refractivity contribution in [1.82, 2.24) is 18.7 Å². The summed E-state index contributed by atoms with van der Waals surface area (Å²) >= 11 is 12.2. The summed E-state index contributed by atoms with van der Waals surface area (Å²) < 4.78 is 4.60. The molecule has 7 nitrogen and oxygen atoms in total. The van der Waals surface area contributed by atoms with E-state index in [-0.39, 0.29) is 12.1 Å². The monoisotopic (exact) mass is 483 g/mol. The van der Waals surface area contributed by atoms with E-state index in [1.807, 2.05) is 4.57 Å². The van der Waals surface area contributed by atoms with Crippen LogP contribution in [0.15, 0.2) is 46.0 Å². The fraction of sp³-hybridized carbons (Fsp3) is 0.292. The van der Waals surface area contributed by atoms with Gasteiger partial charge in [-0.25, -0.2) is 4.79 Å². The van der Waals surface area contributed by atoms with Crippen LogP contribution in [-0.2, 0) is 20.1 Å². The minimum atomic E-state index is -0.424. The summed E-state index contributed by atoms with van der Waals surface area (Å²) in [6, 6.07) is 11.4. The van der Waals surface area contributed by atoms with Crippen LogP contribution in [0.3, 0.4) is 0 Å². The molecule has 9 heteroatoms. The fourth-order valence-corrected chi connectivity index (χ4v) is 4.68. The quantitative estimate of drug-likeness (QED) is 0.432. The average molecular weight is 484 g/mol. The van der Waals surface area contributed by atoms with Gasteiger partial charge in [0.05, 0.1) is 16.6 Å². The van der Waals surface area contributed by atoms with E-state index < -0.39 is 5.69 Å². The van der Waals surface area contributed by atoms with Crippen LogP contribution in [0.4, 0.5) is 11.6 Å². The smallest absolute Gasteiger partial charge is 0.312 e. The molecule has 170 valence electrons.